The second-order valence-electron chi connectivity index (χ2n) is 11.3. The number of halogens is 6. The van der Waals surface area contributed by atoms with Gasteiger partial charge in [-0.3, -0.25) is 0 Å². The molecular formula is C35H43F6NO6. The molecule has 3 atom stereocenters. The first-order valence-corrected chi connectivity index (χ1v) is 15.9. The van der Waals surface area contributed by atoms with Gasteiger partial charge in [-0.1, -0.05) is 99.2 Å². The first-order valence-electron chi connectivity index (χ1n) is 15.9. The van der Waals surface area contributed by atoms with Crippen molar-refractivity contribution in [3.05, 3.63) is 71.8 Å². The summed E-state index contributed by atoms with van der Waals surface area (Å²) >= 11 is 0. The predicted molar refractivity (Wildman–Crippen MR) is 164 cm³/mol. The van der Waals surface area contributed by atoms with Crippen molar-refractivity contribution < 1.29 is 54.9 Å². The third-order valence-electron chi connectivity index (χ3n) is 8.09. The summed E-state index contributed by atoms with van der Waals surface area (Å²) in [5.74, 6) is -3.38. The molecule has 2 unspecified atom stereocenters. The van der Waals surface area contributed by atoms with Crippen LogP contribution in [0.4, 0.5) is 26.3 Å². The van der Waals surface area contributed by atoms with Crippen LogP contribution in [-0.4, -0.2) is 51.2 Å². The summed E-state index contributed by atoms with van der Waals surface area (Å²) in [6.07, 6.45) is -4.25. The molecule has 0 N–H and O–H groups in total. The minimum Gasteiger partial charge on any atom is -0.463 e. The molecule has 0 amide bonds. The Hall–Kier alpha value is -3.63. The number of methoxy groups -OCH3 is 2. The molecule has 0 aromatic heterocycles. The number of esters is 2. The molecule has 2 aromatic rings. The number of rotatable bonds is 21. The van der Waals surface area contributed by atoms with E-state index in [0.717, 1.165) is 77.0 Å². The van der Waals surface area contributed by atoms with Gasteiger partial charge >= 0.3 is 24.3 Å². The summed E-state index contributed by atoms with van der Waals surface area (Å²) in [6, 6.07) is 14.7. The zero-order valence-electron chi connectivity index (χ0n) is 27.2. The van der Waals surface area contributed by atoms with Gasteiger partial charge in [-0.05, 0) is 32.1 Å². The van der Waals surface area contributed by atoms with Crippen molar-refractivity contribution in [3.8, 4) is 6.07 Å². The fourth-order valence-corrected chi connectivity index (χ4v) is 5.48. The van der Waals surface area contributed by atoms with E-state index in [2.05, 4.69) is 6.07 Å². The normalized spacial score (nSPS) is 15.1. The number of benzene rings is 2. The van der Waals surface area contributed by atoms with E-state index in [0.29, 0.717) is 19.3 Å². The second kappa shape index (κ2) is 19.4. The summed E-state index contributed by atoms with van der Waals surface area (Å²) in [5, 5.41) is 8.62. The van der Waals surface area contributed by atoms with Crippen molar-refractivity contribution >= 4 is 11.9 Å². The Kier molecular flexibility index (Phi) is 16.4. The van der Waals surface area contributed by atoms with Gasteiger partial charge in [0.1, 0.15) is 6.10 Å². The number of carbonyl (C=O) groups excluding carboxylic acids is 2. The molecule has 0 radical (unpaired) electrons. The lowest BCUT2D eigenvalue weighted by Gasteiger charge is -2.34. The van der Waals surface area contributed by atoms with Gasteiger partial charge in [0.25, 0.3) is 11.2 Å². The molecule has 266 valence electrons. The summed E-state index contributed by atoms with van der Waals surface area (Å²) in [5.41, 5.74) is -7.76. The standard InChI is InChI=1S/C35H43F6NO6/c1-45-32(34(36,37)38,27-19-12-10-13-20-27)30(43)47-26-18-24-29(23-16-8-6-4-3-5-7-9-17-25-42)48-31(44)33(46-2,35(39,40)41)28-21-14-11-15-22-28/h10-15,19-22,29H,3-9,16-18,23-24,26H2,1-2H3/t29-,32?,33?/m1/s1. The molecule has 0 saturated carbocycles. The van der Waals surface area contributed by atoms with Crippen LogP contribution in [0.25, 0.3) is 0 Å². The van der Waals surface area contributed by atoms with E-state index < -0.39 is 59.3 Å². The first kappa shape index (κ1) is 40.5. The smallest absolute Gasteiger partial charge is 0.432 e. The number of carbonyl (C=O) groups is 2. The number of ether oxygens (including phenoxy) is 4. The fourth-order valence-electron chi connectivity index (χ4n) is 5.48. The van der Waals surface area contributed by atoms with E-state index >= 15 is 0 Å². The fraction of sp³-hybridized carbons (Fsp3) is 0.571. The van der Waals surface area contributed by atoms with Gasteiger partial charge < -0.3 is 18.9 Å². The minimum atomic E-state index is -5.19. The molecule has 13 heteroatoms. The number of nitriles is 1. The highest BCUT2D eigenvalue weighted by atomic mass is 19.4. The lowest BCUT2D eigenvalue weighted by atomic mass is 9.92. The number of unbranched alkanes of at least 4 members (excludes halogenated alkanes) is 8. The van der Waals surface area contributed by atoms with Gasteiger partial charge in [-0.25, -0.2) is 9.59 Å². The Morgan fingerprint density at radius 1 is 0.646 bits per heavy atom. The Morgan fingerprint density at radius 2 is 1.06 bits per heavy atom. The molecule has 0 saturated heterocycles. The molecule has 7 nitrogen and oxygen atoms in total. The average Bonchev–Trinajstić information content (AvgIpc) is 3.04. The van der Waals surface area contributed by atoms with Gasteiger partial charge in [0, 0.05) is 31.8 Å². The van der Waals surface area contributed by atoms with Crippen LogP contribution >= 0.6 is 0 Å². The van der Waals surface area contributed by atoms with Gasteiger partial charge in [0.15, 0.2) is 0 Å². The van der Waals surface area contributed by atoms with E-state index in [1.54, 1.807) is 0 Å². The molecule has 2 rings (SSSR count). The van der Waals surface area contributed by atoms with Gasteiger partial charge in [0.05, 0.1) is 12.7 Å². The third kappa shape index (κ3) is 10.4. The largest absolute Gasteiger partial charge is 0.463 e. The molecule has 0 aliphatic heterocycles. The van der Waals surface area contributed by atoms with E-state index in [1.807, 2.05) is 0 Å². The van der Waals surface area contributed by atoms with Crippen molar-refractivity contribution in [1.82, 2.24) is 0 Å². The molecule has 0 bridgehead atoms. The monoisotopic (exact) mass is 687 g/mol. The van der Waals surface area contributed by atoms with E-state index in [9.17, 15) is 35.9 Å². The summed E-state index contributed by atoms with van der Waals surface area (Å²) in [7, 11) is 1.49. The Morgan fingerprint density at radius 3 is 1.50 bits per heavy atom. The molecule has 48 heavy (non-hydrogen) atoms. The summed E-state index contributed by atoms with van der Waals surface area (Å²) in [6.45, 7) is -0.542. The third-order valence-corrected chi connectivity index (χ3v) is 8.09. The maximum Gasteiger partial charge on any atom is 0.432 e. The number of hydrogen-bond acceptors (Lipinski definition) is 7. The van der Waals surface area contributed by atoms with Crippen molar-refractivity contribution in [3.63, 3.8) is 0 Å². The minimum absolute atomic E-state index is 0.0955. The second-order valence-corrected chi connectivity index (χ2v) is 11.3. The molecule has 0 fully saturated rings. The van der Waals surface area contributed by atoms with Gasteiger partial charge in [-0.2, -0.15) is 31.6 Å². The van der Waals surface area contributed by atoms with Crippen LogP contribution in [0.5, 0.6) is 0 Å². The van der Waals surface area contributed by atoms with E-state index in [-0.39, 0.29) is 19.3 Å². The Balaban J connectivity index is 2.14. The van der Waals surface area contributed by atoms with Crippen LogP contribution in [0.2, 0.25) is 0 Å². The lowest BCUT2D eigenvalue weighted by Crippen LogP contribution is -2.52. The topological polar surface area (TPSA) is 94.9 Å². The van der Waals surface area contributed by atoms with E-state index in [1.165, 1.54) is 36.4 Å². The molecule has 0 heterocycles. The maximum atomic E-state index is 14.5. The Bertz CT molecular complexity index is 1280. The van der Waals surface area contributed by atoms with Gasteiger partial charge in [0.2, 0.25) is 0 Å². The average molecular weight is 688 g/mol. The van der Waals surface area contributed by atoms with Crippen molar-refractivity contribution in [2.75, 3.05) is 20.8 Å². The zero-order chi connectivity index (χ0) is 35.7. The number of nitrogens with zero attached hydrogens (tertiary/aromatic N) is 1. The van der Waals surface area contributed by atoms with Crippen molar-refractivity contribution in [2.45, 2.75) is 107 Å². The summed E-state index contributed by atoms with van der Waals surface area (Å²) in [4.78, 5) is 26.2. The highest BCUT2D eigenvalue weighted by molar-refractivity contribution is 5.83. The maximum absolute atomic E-state index is 14.5. The Labute approximate surface area is 277 Å². The zero-order valence-corrected chi connectivity index (χ0v) is 27.2. The van der Waals surface area contributed by atoms with Crippen molar-refractivity contribution in [2.24, 2.45) is 0 Å². The molecule has 0 spiro atoms. The predicted octanol–water partition coefficient (Wildman–Crippen LogP) is 8.85. The van der Waals surface area contributed by atoms with Crippen LogP contribution in [0.15, 0.2) is 60.7 Å². The van der Waals surface area contributed by atoms with E-state index in [4.69, 9.17) is 24.2 Å². The quantitative estimate of drug-likeness (QED) is 0.0735. The van der Waals surface area contributed by atoms with Gasteiger partial charge in [-0.15, -0.1) is 0 Å². The van der Waals surface area contributed by atoms with Crippen LogP contribution in [0.3, 0.4) is 0 Å². The van der Waals surface area contributed by atoms with Crippen LogP contribution in [0.1, 0.15) is 88.2 Å². The molecule has 0 aliphatic rings. The molecule has 0 aliphatic carbocycles. The van der Waals surface area contributed by atoms with Crippen LogP contribution < -0.4 is 0 Å². The number of alkyl halides is 6. The highest BCUT2D eigenvalue weighted by Crippen LogP contribution is 2.44. The summed E-state index contributed by atoms with van der Waals surface area (Å²) < 4.78 is 106. The van der Waals surface area contributed by atoms with Crippen molar-refractivity contribution in [1.29, 1.82) is 5.26 Å². The molecule has 2 aromatic carbocycles. The van der Waals surface area contributed by atoms with Crippen LogP contribution in [0, 0.1) is 11.3 Å². The molecular weight excluding hydrogens is 644 g/mol. The van der Waals surface area contributed by atoms with Crippen LogP contribution in [-0.2, 0) is 39.7 Å². The lowest BCUT2D eigenvalue weighted by molar-refractivity contribution is -0.279. The first-order chi connectivity index (χ1) is 22.8. The highest BCUT2D eigenvalue weighted by Gasteiger charge is 2.65. The number of hydrogen-bond donors (Lipinski definition) is 0. The SMILES string of the molecule is COC(C(=O)OCCC[C@@H](CCCCCCCCCCC#N)OC(=O)C(OC)(c1ccccc1)C(F)(F)F)(c1ccccc1)C(F)(F)F.